The van der Waals surface area contributed by atoms with E-state index in [4.69, 9.17) is 5.11 Å². The molecular formula is C12H13FN2O5S. The van der Waals surface area contributed by atoms with Gasteiger partial charge in [0.05, 0.1) is 11.4 Å². The van der Waals surface area contributed by atoms with Crippen LogP contribution < -0.4 is 5.32 Å². The Kier molecular flexibility index (Phi) is 3.97. The van der Waals surface area contributed by atoms with Crippen LogP contribution in [0.2, 0.25) is 0 Å². The lowest BCUT2D eigenvalue weighted by atomic mass is 10.2. The van der Waals surface area contributed by atoms with Crippen molar-refractivity contribution in [3.63, 3.8) is 0 Å². The van der Waals surface area contributed by atoms with Crippen LogP contribution in [0, 0.1) is 12.7 Å². The van der Waals surface area contributed by atoms with Crippen LogP contribution in [0.4, 0.5) is 4.39 Å². The highest BCUT2D eigenvalue weighted by Gasteiger charge is 2.40. The Morgan fingerprint density at radius 1 is 1.48 bits per heavy atom. The molecule has 2 rings (SSSR count). The lowest BCUT2D eigenvalue weighted by Gasteiger charge is -2.31. The maximum absolute atomic E-state index is 13.5. The van der Waals surface area contributed by atoms with E-state index in [0.717, 1.165) is 6.07 Å². The van der Waals surface area contributed by atoms with Gasteiger partial charge >= 0.3 is 5.97 Å². The fourth-order valence-corrected chi connectivity index (χ4v) is 3.50. The molecule has 21 heavy (non-hydrogen) atoms. The molecule has 0 saturated carbocycles. The largest absolute Gasteiger partial charge is 0.480 e. The van der Waals surface area contributed by atoms with Gasteiger partial charge in [-0.15, -0.1) is 0 Å². The molecule has 1 aromatic rings. The normalized spacial score (nSPS) is 20.1. The minimum Gasteiger partial charge on any atom is -0.480 e. The van der Waals surface area contributed by atoms with E-state index in [2.05, 4.69) is 5.32 Å². The summed E-state index contributed by atoms with van der Waals surface area (Å²) in [5.41, 5.74) is 0.264. The summed E-state index contributed by atoms with van der Waals surface area (Å²) in [4.78, 5) is 22.1. The first-order valence-electron chi connectivity index (χ1n) is 6.01. The van der Waals surface area contributed by atoms with Crippen LogP contribution in [0.1, 0.15) is 5.56 Å². The number of hydrogen-bond acceptors (Lipinski definition) is 4. The average Bonchev–Trinajstić information content (AvgIpc) is 2.41. The molecule has 2 N–H and O–H groups in total. The Bertz CT molecular complexity index is 704. The van der Waals surface area contributed by atoms with Crippen LogP contribution in [-0.4, -0.2) is 48.8 Å². The summed E-state index contributed by atoms with van der Waals surface area (Å²) in [6.45, 7) is 0.524. The molecule has 1 atom stereocenters. The number of sulfonamides is 1. The van der Waals surface area contributed by atoms with Crippen LogP contribution in [0.15, 0.2) is 23.1 Å². The van der Waals surface area contributed by atoms with Crippen LogP contribution in [0.25, 0.3) is 0 Å². The molecule has 0 spiro atoms. The number of aliphatic carboxylic acids is 1. The first-order valence-corrected chi connectivity index (χ1v) is 7.45. The highest BCUT2D eigenvalue weighted by atomic mass is 32.2. The number of hydrogen-bond donors (Lipinski definition) is 2. The molecule has 1 saturated heterocycles. The molecule has 9 heteroatoms. The molecule has 1 amide bonds. The topological polar surface area (TPSA) is 104 Å². The highest BCUT2D eigenvalue weighted by molar-refractivity contribution is 7.89. The lowest BCUT2D eigenvalue weighted by Crippen LogP contribution is -2.59. The summed E-state index contributed by atoms with van der Waals surface area (Å²) in [6, 6.07) is 1.86. The number of carbonyl (C=O) groups excluding carboxylic acids is 1. The van der Waals surface area contributed by atoms with Crippen molar-refractivity contribution in [3.05, 3.63) is 29.6 Å². The lowest BCUT2D eigenvalue weighted by molar-refractivity contribution is -0.143. The number of carboxylic acids is 1. The number of nitrogens with one attached hydrogen (secondary N) is 1. The summed E-state index contributed by atoms with van der Waals surface area (Å²) in [7, 11) is -4.28. The van der Waals surface area contributed by atoms with Crippen LogP contribution in [-0.2, 0) is 19.6 Å². The number of amides is 1. The molecule has 0 aromatic heterocycles. The summed E-state index contributed by atoms with van der Waals surface area (Å²) in [5, 5.41) is 11.4. The number of aryl methyl sites for hydroxylation is 1. The van der Waals surface area contributed by atoms with Gasteiger partial charge in [0.25, 0.3) is 0 Å². The van der Waals surface area contributed by atoms with Crippen molar-refractivity contribution in [3.8, 4) is 0 Å². The molecule has 114 valence electrons. The number of carboxylic acid groups (broad SMARTS) is 1. The standard InChI is InChI=1S/C12H13FN2O5S/c1-7-2-3-8(4-9(7)13)21(19,20)15-6-11(16)14-5-10(15)12(17)18/h2-4,10H,5-6H2,1H3,(H,14,16)(H,17,18). The summed E-state index contributed by atoms with van der Waals surface area (Å²) >= 11 is 0. The second kappa shape index (κ2) is 5.41. The zero-order valence-electron chi connectivity index (χ0n) is 11.0. The number of rotatable bonds is 3. The van der Waals surface area contributed by atoms with Crippen molar-refractivity contribution in [2.24, 2.45) is 0 Å². The van der Waals surface area contributed by atoms with Crippen molar-refractivity contribution in [2.75, 3.05) is 13.1 Å². The van der Waals surface area contributed by atoms with Gasteiger partial charge in [0.15, 0.2) is 0 Å². The number of carbonyl (C=O) groups is 2. The van der Waals surface area contributed by atoms with Crippen molar-refractivity contribution < 1.29 is 27.5 Å². The second-order valence-electron chi connectivity index (χ2n) is 4.62. The van der Waals surface area contributed by atoms with Gasteiger partial charge in [0.1, 0.15) is 11.9 Å². The molecule has 1 aromatic carbocycles. The predicted octanol–water partition coefficient (Wildman–Crippen LogP) is -0.292. The van der Waals surface area contributed by atoms with Crippen LogP contribution in [0.3, 0.4) is 0 Å². The van der Waals surface area contributed by atoms with Crippen LogP contribution in [0.5, 0.6) is 0 Å². The van der Waals surface area contributed by atoms with E-state index >= 15 is 0 Å². The van der Waals surface area contributed by atoms with Crippen molar-refractivity contribution in [1.29, 1.82) is 0 Å². The van der Waals surface area contributed by atoms with Gasteiger partial charge in [0.2, 0.25) is 15.9 Å². The maximum Gasteiger partial charge on any atom is 0.323 e. The number of benzene rings is 1. The molecule has 1 aliphatic heterocycles. The Morgan fingerprint density at radius 2 is 2.14 bits per heavy atom. The molecule has 1 unspecified atom stereocenters. The van der Waals surface area contributed by atoms with Gasteiger partial charge in [-0.2, -0.15) is 4.31 Å². The zero-order chi connectivity index (χ0) is 15.8. The first kappa shape index (κ1) is 15.4. The van der Waals surface area contributed by atoms with E-state index in [1.54, 1.807) is 0 Å². The number of nitrogens with zero attached hydrogens (tertiary/aromatic N) is 1. The molecule has 0 aliphatic carbocycles. The third kappa shape index (κ3) is 2.88. The third-order valence-corrected chi connectivity index (χ3v) is 5.03. The fraction of sp³-hybridized carbons (Fsp3) is 0.333. The number of piperazine rings is 1. The van der Waals surface area contributed by atoms with Gasteiger partial charge in [-0.25, -0.2) is 12.8 Å². The van der Waals surface area contributed by atoms with E-state index in [0.29, 0.717) is 4.31 Å². The van der Waals surface area contributed by atoms with E-state index in [1.165, 1.54) is 19.1 Å². The first-order chi connectivity index (χ1) is 9.73. The van der Waals surface area contributed by atoms with Gasteiger partial charge < -0.3 is 10.4 Å². The van der Waals surface area contributed by atoms with Crippen LogP contribution >= 0.6 is 0 Å². The molecular weight excluding hydrogens is 303 g/mol. The monoisotopic (exact) mass is 316 g/mol. The molecule has 7 nitrogen and oxygen atoms in total. The minimum absolute atomic E-state index is 0.264. The van der Waals surface area contributed by atoms with Crippen molar-refractivity contribution in [2.45, 2.75) is 17.9 Å². The third-order valence-electron chi connectivity index (χ3n) is 3.17. The predicted molar refractivity (Wildman–Crippen MR) is 69.5 cm³/mol. The quantitative estimate of drug-likeness (QED) is 0.797. The Labute approximate surface area is 120 Å². The minimum atomic E-state index is -4.28. The maximum atomic E-state index is 13.5. The van der Waals surface area contributed by atoms with Crippen molar-refractivity contribution in [1.82, 2.24) is 9.62 Å². The molecule has 0 bridgehead atoms. The fourth-order valence-electron chi connectivity index (χ4n) is 1.95. The average molecular weight is 316 g/mol. The molecule has 1 fully saturated rings. The molecule has 0 radical (unpaired) electrons. The number of halogens is 1. The highest BCUT2D eigenvalue weighted by Crippen LogP contribution is 2.21. The van der Waals surface area contributed by atoms with Gasteiger partial charge in [-0.05, 0) is 24.6 Å². The Morgan fingerprint density at radius 3 is 2.71 bits per heavy atom. The Balaban J connectivity index is 2.46. The SMILES string of the molecule is Cc1ccc(S(=O)(=O)N2CC(=O)NCC2C(=O)O)cc1F. The van der Waals surface area contributed by atoms with E-state index in [9.17, 15) is 22.4 Å². The van der Waals surface area contributed by atoms with Gasteiger partial charge in [-0.1, -0.05) is 6.07 Å². The molecule has 1 heterocycles. The van der Waals surface area contributed by atoms with E-state index < -0.39 is 40.3 Å². The van der Waals surface area contributed by atoms with Gasteiger partial charge in [0, 0.05) is 6.54 Å². The molecule has 1 aliphatic rings. The summed E-state index contributed by atoms with van der Waals surface area (Å²) in [5.74, 6) is -2.71. The van der Waals surface area contributed by atoms with Crippen molar-refractivity contribution >= 4 is 21.9 Å². The summed E-state index contributed by atoms with van der Waals surface area (Å²) in [6.07, 6.45) is 0. The zero-order valence-corrected chi connectivity index (χ0v) is 11.9. The van der Waals surface area contributed by atoms with E-state index in [-0.39, 0.29) is 17.0 Å². The smallest absolute Gasteiger partial charge is 0.323 e. The van der Waals surface area contributed by atoms with E-state index in [1.807, 2.05) is 0 Å². The second-order valence-corrected chi connectivity index (χ2v) is 6.51. The summed E-state index contributed by atoms with van der Waals surface area (Å²) < 4.78 is 39.0. The van der Waals surface area contributed by atoms with Gasteiger partial charge in [-0.3, -0.25) is 9.59 Å². The Hall–Kier alpha value is -2.00.